The number of amides is 1. The number of hydrogen-bond acceptors (Lipinski definition) is 6. The number of hydrogen-bond donors (Lipinski definition) is 0. The van der Waals surface area contributed by atoms with E-state index in [2.05, 4.69) is 0 Å². The molecule has 3 heterocycles. The molecule has 1 amide bonds. The van der Waals surface area contributed by atoms with Crippen LogP contribution in [0.4, 0.5) is 0 Å². The molecule has 1 aliphatic rings. The minimum absolute atomic E-state index is 0.0815. The van der Waals surface area contributed by atoms with Gasteiger partial charge in [-0.05, 0) is 54.8 Å². The summed E-state index contributed by atoms with van der Waals surface area (Å²) in [5.41, 5.74) is 1.70. The van der Waals surface area contributed by atoms with Crippen LogP contribution in [0, 0.1) is 12.8 Å². The van der Waals surface area contributed by atoms with Crippen LogP contribution in [0.25, 0.3) is 0 Å². The summed E-state index contributed by atoms with van der Waals surface area (Å²) in [4.78, 5) is 41.9. The first-order valence-electron chi connectivity index (χ1n) is 10.2. The fourth-order valence-corrected chi connectivity index (χ4v) is 5.11. The van der Waals surface area contributed by atoms with Crippen molar-refractivity contribution in [3.8, 4) is 0 Å². The van der Waals surface area contributed by atoms with Crippen LogP contribution in [0.3, 0.4) is 0 Å². The van der Waals surface area contributed by atoms with Crippen LogP contribution in [0.1, 0.15) is 49.4 Å². The second-order valence-corrected chi connectivity index (χ2v) is 9.56. The van der Waals surface area contributed by atoms with Crippen LogP contribution in [-0.4, -0.2) is 35.6 Å². The molecule has 0 aliphatic carbocycles. The smallest absolute Gasteiger partial charge is 0.311 e. The molecule has 0 bridgehead atoms. The van der Waals surface area contributed by atoms with Gasteiger partial charge in [-0.2, -0.15) is 0 Å². The summed E-state index contributed by atoms with van der Waals surface area (Å²) < 4.78 is 5.76. The number of thiophene rings is 2. The largest absolute Gasteiger partial charge is 0.448 e. The number of likely N-dealkylation sites (tertiary alicyclic amines) is 1. The molecule has 4 rings (SSSR count). The zero-order chi connectivity index (χ0) is 21.8. The average molecular weight is 454 g/mol. The Balaban J connectivity index is 1.46. The van der Waals surface area contributed by atoms with E-state index < -0.39 is 18.0 Å². The van der Waals surface area contributed by atoms with E-state index in [0.717, 1.165) is 12.0 Å². The van der Waals surface area contributed by atoms with Crippen molar-refractivity contribution in [2.24, 2.45) is 5.92 Å². The lowest BCUT2D eigenvalue weighted by molar-refractivity contribution is -0.153. The highest BCUT2D eigenvalue weighted by molar-refractivity contribution is 7.12. The maximum atomic E-state index is 13.0. The second-order valence-electron chi connectivity index (χ2n) is 7.63. The van der Waals surface area contributed by atoms with Gasteiger partial charge in [-0.1, -0.05) is 29.8 Å². The summed E-state index contributed by atoms with van der Waals surface area (Å²) in [6, 6.07) is 14.6. The Hall–Kier alpha value is -2.77. The maximum Gasteiger partial charge on any atom is 0.311 e. The van der Waals surface area contributed by atoms with Crippen molar-refractivity contribution in [1.82, 2.24) is 4.90 Å². The van der Waals surface area contributed by atoms with E-state index in [0.29, 0.717) is 34.8 Å². The van der Waals surface area contributed by atoms with E-state index in [1.807, 2.05) is 54.1 Å². The molecule has 7 heteroatoms. The third kappa shape index (κ3) is 4.94. The fraction of sp³-hybridized carbons (Fsp3) is 0.292. The highest BCUT2D eigenvalue weighted by atomic mass is 32.1. The molecule has 0 saturated carbocycles. The van der Waals surface area contributed by atoms with Gasteiger partial charge < -0.3 is 9.64 Å². The van der Waals surface area contributed by atoms with Crippen LogP contribution in [0.15, 0.2) is 59.3 Å². The standard InChI is InChI=1S/C24H23NO4S2/c1-16-8-10-17(11-9-16)23(27)25-12-2-5-18(15-25)24(28)29-22(20-7-4-14-31-20)21(26)19-6-3-13-30-19/h3-4,6-11,13-14,18,22H,2,5,12,15H2,1H3/t18-,22+/m0/s1. The zero-order valence-electron chi connectivity index (χ0n) is 17.2. The zero-order valence-corrected chi connectivity index (χ0v) is 18.8. The predicted molar refractivity (Wildman–Crippen MR) is 122 cm³/mol. The average Bonchev–Trinajstić information content (AvgIpc) is 3.51. The van der Waals surface area contributed by atoms with Gasteiger partial charge in [-0.25, -0.2) is 0 Å². The number of ether oxygens (including phenoxy) is 1. The number of rotatable bonds is 6. The summed E-state index contributed by atoms with van der Waals surface area (Å²) >= 11 is 2.72. The number of esters is 1. The van der Waals surface area contributed by atoms with E-state index in [1.165, 1.54) is 22.7 Å². The molecule has 0 unspecified atom stereocenters. The quantitative estimate of drug-likeness (QED) is 0.383. The Morgan fingerprint density at radius 1 is 1.03 bits per heavy atom. The van der Waals surface area contributed by atoms with E-state index in [1.54, 1.807) is 17.0 Å². The summed E-state index contributed by atoms with van der Waals surface area (Å²) in [7, 11) is 0. The third-order valence-electron chi connectivity index (χ3n) is 5.38. The Bertz CT molecular complexity index is 1040. The van der Waals surface area contributed by atoms with Gasteiger partial charge >= 0.3 is 5.97 Å². The Morgan fingerprint density at radius 3 is 2.45 bits per heavy atom. The predicted octanol–water partition coefficient (Wildman–Crippen LogP) is 5.14. The molecule has 160 valence electrons. The molecule has 1 aliphatic heterocycles. The van der Waals surface area contributed by atoms with Crippen molar-refractivity contribution in [2.75, 3.05) is 13.1 Å². The van der Waals surface area contributed by atoms with Crippen molar-refractivity contribution in [1.29, 1.82) is 0 Å². The first-order chi connectivity index (χ1) is 15.0. The number of carbonyl (C=O) groups excluding carboxylic acids is 3. The molecule has 0 radical (unpaired) electrons. The van der Waals surface area contributed by atoms with Gasteiger partial charge in [0.05, 0.1) is 15.7 Å². The van der Waals surface area contributed by atoms with E-state index >= 15 is 0 Å². The Labute approximate surface area is 189 Å². The number of nitrogens with zero attached hydrogens (tertiary/aromatic N) is 1. The van der Waals surface area contributed by atoms with Gasteiger partial charge in [0.25, 0.3) is 5.91 Å². The SMILES string of the molecule is Cc1ccc(C(=O)N2CCC[C@H](C(=O)O[C@@H](C(=O)c3cccs3)c3cccs3)C2)cc1. The number of benzene rings is 1. The third-order valence-corrected chi connectivity index (χ3v) is 7.18. The van der Waals surface area contributed by atoms with Crippen molar-refractivity contribution >= 4 is 40.3 Å². The Morgan fingerprint density at radius 2 is 1.77 bits per heavy atom. The topological polar surface area (TPSA) is 63.7 Å². The molecule has 2 atom stereocenters. The first kappa shape index (κ1) is 21.5. The highest BCUT2D eigenvalue weighted by Gasteiger charge is 2.34. The molecule has 0 spiro atoms. The van der Waals surface area contributed by atoms with Crippen molar-refractivity contribution in [3.05, 3.63) is 80.2 Å². The van der Waals surface area contributed by atoms with Gasteiger partial charge in [-0.3, -0.25) is 14.4 Å². The fourth-order valence-electron chi connectivity index (χ4n) is 3.67. The molecule has 5 nitrogen and oxygen atoms in total. The Kier molecular flexibility index (Phi) is 6.63. The van der Waals surface area contributed by atoms with Crippen LogP contribution < -0.4 is 0 Å². The highest BCUT2D eigenvalue weighted by Crippen LogP contribution is 2.30. The summed E-state index contributed by atoms with van der Waals surface area (Å²) in [5, 5.41) is 3.69. The van der Waals surface area contributed by atoms with Gasteiger partial charge in [0.2, 0.25) is 5.78 Å². The lowest BCUT2D eigenvalue weighted by Crippen LogP contribution is -2.43. The van der Waals surface area contributed by atoms with Crippen LogP contribution in [0.2, 0.25) is 0 Å². The van der Waals surface area contributed by atoms with Crippen molar-refractivity contribution < 1.29 is 19.1 Å². The van der Waals surface area contributed by atoms with Gasteiger partial charge in [-0.15, -0.1) is 22.7 Å². The lowest BCUT2D eigenvalue weighted by Gasteiger charge is -2.32. The molecule has 31 heavy (non-hydrogen) atoms. The number of carbonyl (C=O) groups is 3. The maximum absolute atomic E-state index is 13.0. The molecular weight excluding hydrogens is 430 g/mol. The first-order valence-corrected chi connectivity index (χ1v) is 12.0. The molecule has 2 aromatic heterocycles. The number of ketones is 1. The van der Waals surface area contributed by atoms with E-state index in [4.69, 9.17) is 4.74 Å². The minimum Gasteiger partial charge on any atom is -0.448 e. The van der Waals surface area contributed by atoms with Gasteiger partial charge in [0, 0.05) is 18.7 Å². The van der Waals surface area contributed by atoms with Crippen LogP contribution in [-0.2, 0) is 9.53 Å². The lowest BCUT2D eigenvalue weighted by atomic mass is 9.97. The van der Waals surface area contributed by atoms with E-state index in [-0.39, 0.29) is 11.7 Å². The van der Waals surface area contributed by atoms with Gasteiger partial charge in [0.15, 0.2) is 6.10 Å². The van der Waals surface area contributed by atoms with E-state index in [9.17, 15) is 14.4 Å². The molecular formula is C24H23NO4S2. The normalized spacial score (nSPS) is 17.2. The summed E-state index contributed by atoms with van der Waals surface area (Å²) in [6.45, 7) is 2.89. The monoisotopic (exact) mass is 453 g/mol. The van der Waals surface area contributed by atoms with Crippen LogP contribution in [0.5, 0.6) is 0 Å². The van der Waals surface area contributed by atoms with Gasteiger partial charge in [0.1, 0.15) is 0 Å². The summed E-state index contributed by atoms with van der Waals surface area (Å²) in [5.74, 6) is -1.16. The molecule has 1 fully saturated rings. The number of Topliss-reactive ketones (excluding diaryl/α,β-unsaturated/α-hetero) is 1. The van der Waals surface area contributed by atoms with Crippen molar-refractivity contribution in [3.63, 3.8) is 0 Å². The molecule has 1 aromatic carbocycles. The van der Waals surface area contributed by atoms with Crippen LogP contribution >= 0.6 is 22.7 Å². The molecule has 3 aromatic rings. The summed E-state index contributed by atoms with van der Waals surface area (Å²) in [6.07, 6.45) is 0.412. The molecule has 0 N–H and O–H groups in total. The minimum atomic E-state index is -0.950. The molecule has 1 saturated heterocycles. The second kappa shape index (κ2) is 9.58. The number of aryl methyl sites for hydroxylation is 1. The number of piperidine rings is 1. The van der Waals surface area contributed by atoms with Crippen molar-refractivity contribution in [2.45, 2.75) is 25.9 Å².